The Morgan fingerprint density at radius 1 is 1.19 bits per heavy atom. The van der Waals surface area contributed by atoms with E-state index in [1.54, 1.807) is 17.2 Å². The largest absolute Gasteiger partial charge is 0.337 e. The Morgan fingerprint density at radius 3 is 2.56 bits per heavy atom. The second kappa shape index (κ2) is 6.51. The zero-order chi connectivity index (χ0) is 19.0. The van der Waals surface area contributed by atoms with Crippen molar-refractivity contribution in [3.05, 3.63) is 71.4 Å². The van der Waals surface area contributed by atoms with Crippen LogP contribution in [0.25, 0.3) is 5.65 Å². The summed E-state index contributed by atoms with van der Waals surface area (Å²) >= 11 is 0. The van der Waals surface area contributed by atoms with Crippen molar-refractivity contribution in [3.8, 4) is 6.07 Å². The van der Waals surface area contributed by atoms with Gasteiger partial charge in [0, 0.05) is 19.3 Å². The van der Waals surface area contributed by atoms with Crippen molar-refractivity contribution in [2.75, 3.05) is 13.1 Å². The number of carbonyl (C=O) groups excluding carboxylic acids is 1. The van der Waals surface area contributed by atoms with E-state index in [-0.39, 0.29) is 5.69 Å². The molecule has 0 unspecified atom stereocenters. The zero-order valence-corrected chi connectivity index (χ0v) is 15.0. The van der Waals surface area contributed by atoms with E-state index >= 15 is 0 Å². The van der Waals surface area contributed by atoms with Gasteiger partial charge in [0.05, 0.1) is 11.5 Å². The van der Waals surface area contributed by atoms with Gasteiger partial charge in [-0.15, -0.1) is 0 Å². The molecule has 0 bridgehead atoms. The lowest BCUT2D eigenvalue weighted by molar-refractivity contribution is 0.0681. The topological polar surface area (TPSA) is 61.4 Å². The summed E-state index contributed by atoms with van der Waals surface area (Å²) in [5.41, 5.74) is 1.50. The molecule has 27 heavy (non-hydrogen) atoms. The number of hydrogen-bond acceptors (Lipinski definition) is 3. The number of rotatable bonds is 2. The Balaban J connectivity index is 1.57. The van der Waals surface area contributed by atoms with Gasteiger partial charge in [0.1, 0.15) is 5.65 Å². The minimum absolute atomic E-state index is 0.162. The number of likely N-dealkylation sites (tertiary alicyclic amines) is 1. The van der Waals surface area contributed by atoms with Gasteiger partial charge in [0.2, 0.25) is 5.95 Å². The number of pyridine rings is 1. The summed E-state index contributed by atoms with van der Waals surface area (Å²) in [4.78, 5) is 18.6. The quantitative estimate of drug-likeness (QED) is 0.701. The van der Waals surface area contributed by atoms with Gasteiger partial charge in [0.25, 0.3) is 5.91 Å². The molecule has 5 nitrogen and oxygen atoms in total. The van der Waals surface area contributed by atoms with Crippen LogP contribution in [-0.2, 0) is 5.41 Å². The monoisotopic (exact) mass is 362 g/mol. The number of halogens is 1. The maximum absolute atomic E-state index is 14.7. The van der Waals surface area contributed by atoms with E-state index in [0.717, 1.165) is 11.1 Å². The van der Waals surface area contributed by atoms with Crippen molar-refractivity contribution in [1.82, 2.24) is 14.3 Å². The first kappa shape index (κ1) is 17.2. The van der Waals surface area contributed by atoms with Crippen LogP contribution in [0.2, 0.25) is 0 Å². The lowest BCUT2D eigenvalue weighted by Gasteiger charge is -2.37. The number of aryl methyl sites for hydroxylation is 1. The van der Waals surface area contributed by atoms with Crippen LogP contribution in [0.15, 0.2) is 48.7 Å². The van der Waals surface area contributed by atoms with Crippen LogP contribution in [0.1, 0.15) is 34.5 Å². The number of benzene rings is 1. The standard InChI is InChI=1S/C21H19FN4O/c1-15-7-8-17-24-18(19(22)26(17)13-15)20(27)25-11-9-21(14-23,10-12-25)16-5-3-2-4-6-16/h2-8,13H,9-12H2,1H3. The highest BCUT2D eigenvalue weighted by molar-refractivity contribution is 5.93. The van der Waals surface area contributed by atoms with Crippen LogP contribution in [0.5, 0.6) is 0 Å². The Labute approximate surface area is 156 Å². The molecule has 1 aliphatic rings. The average Bonchev–Trinajstić information content (AvgIpc) is 3.04. The van der Waals surface area contributed by atoms with Crippen molar-refractivity contribution in [2.45, 2.75) is 25.2 Å². The molecule has 0 aliphatic carbocycles. The fourth-order valence-electron chi connectivity index (χ4n) is 3.72. The highest BCUT2D eigenvalue weighted by atomic mass is 19.1. The molecule has 136 valence electrons. The predicted octanol–water partition coefficient (Wildman–Crippen LogP) is 3.48. The Morgan fingerprint density at radius 2 is 1.89 bits per heavy atom. The van der Waals surface area contributed by atoms with Crippen molar-refractivity contribution in [1.29, 1.82) is 5.26 Å². The van der Waals surface area contributed by atoms with E-state index < -0.39 is 17.3 Å². The number of imidazole rings is 1. The summed E-state index contributed by atoms with van der Waals surface area (Å²) in [5.74, 6) is -1.06. The molecular weight excluding hydrogens is 343 g/mol. The molecule has 0 saturated carbocycles. The van der Waals surface area contributed by atoms with Crippen molar-refractivity contribution in [3.63, 3.8) is 0 Å². The summed E-state index contributed by atoms with van der Waals surface area (Å²) in [6.45, 7) is 2.65. The molecule has 3 heterocycles. The SMILES string of the molecule is Cc1ccc2nc(C(=O)N3CCC(C#N)(c4ccccc4)CC3)c(F)n2c1. The number of nitrogens with zero attached hydrogens (tertiary/aromatic N) is 4. The molecule has 1 aromatic carbocycles. The van der Waals surface area contributed by atoms with Crippen LogP contribution in [0.3, 0.4) is 0 Å². The molecule has 0 N–H and O–H groups in total. The summed E-state index contributed by atoms with van der Waals surface area (Å²) in [6, 6.07) is 15.6. The molecule has 4 rings (SSSR count). The Hall–Kier alpha value is -3.20. The van der Waals surface area contributed by atoms with E-state index in [9.17, 15) is 14.4 Å². The van der Waals surface area contributed by atoms with Crippen LogP contribution >= 0.6 is 0 Å². The fraction of sp³-hybridized carbons (Fsp3) is 0.286. The van der Waals surface area contributed by atoms with Gasteiger partial charge in [0.15, 0.2) is 5.69 Å². The Kier molecular flexibility index (Phi) is 4.15. The average molecular weight is 362 g/mol. The first-order valence-corrected chi connectivity index (χ1v) is 8.94. The van der Waals surface area contributed by atoms with Gasteiger partial charge >= 0.3 is 0 Å². The summed E-state index contributed by atoms with van der Waals surface area (Å²) in [7, 11) is 0. The molecule has 6 heteroatoms. The molecule has 0 atom stereocenters. The third kappa shape index (κ3) is 2.85. The molecule has 0 spiro atoms. The van der Waals surface area contributed by atoms with Crippen LogP contribution in [-0.4, -0.2) is 33.3 Å². The van der Waals surface area contributed by atoms with Gasteiger partial charge < -0.3 is 4.90 Å². The second-order valence-corrected chi connectivity index (χ2v) is 7.04. The number of fused-ring (bicyclic) bond motifs is 1. The van der Waals surface area contributed by atoms with Gasteiger partial charge in [-0.3, -0.25) is 9.20 Å². The maximum Gasteiger partial charge on any atom is 0.277 e. The van der Waals surface area contributed by atoms with Gasteiger partial charge in [-0.05, 0) is 37.0 Å². The van der Waals surface area contributed by atoms with E-state index in [4.69, 9.17) is 0 Å². The normalized spacial score (nSPS) is 16.3. The number of amides is 1. The summed E-state index contributed by atoms with van der Waals surface area (Å²) < 4.78 is 16.0. The summed E-state index contributed by atoms with van der Waals surface area (Å²) in [6.07, 6.45) is 2.67. The van der Waals surface area contributed by atoms with E-state index in [1.807, 2.05) is 43.3 Å². The van der Waals surface area contributed by atoms with Gasteiger partial charge in [-0.2, -0.15) is 9.65 Å². The molecule has 1 aliphatic heterocycles. The summed E-state index contributed by atoms with van der Waals surface area (Å²) in [5, 5.41) is 9.77. The first-order chi connectivity index (χ1) is 13.0. The van der Waals surface area contributed by atoms with Gasteiger partial charge in [-0.1, -0.05) is 36.4 Å². The molecule has 0 radical (unpaired) electrons. The molecule has 3 aromatic rings. The number of aromatic nitrogens is 2. The third-order valence-electron chi connectivity index (χ3n) is 5.36. The highest BCUT2D eigenvalue weighted by Gasteiger charge is 2.38. The van der Waals surface area contributed by atoms with Crippen molar-refractivity contribution < 1.29 is 9.18 Å². The number of hydrogen-bond donors (Lipinski definition) is 0. The molecule has 1 fully saturated rings. The molecule has 1 saturated heterocycles. The number of carbonyl (C=O) groups is 1. The zero-order valence-electron chi connectivity index (χ0n) is 15.0. The van der Waals surface area contributed by atoms with Crippen molar-refractivity contribution in [2.24, 2.45) is 0 Å². The Bertz CT molecular complexity index is 1040. The van der Waals surface area contributed by atoms with Crippen LogP contribution < -0.4 is 0 Å². The highest BCUT2D eigenvalue weighted by Crippen LogP contribution is 2.35. The van der Waals surface area contributed by atoms with E-state index in [2.05, 4.69) is 11.1 Å². The second-order valence-electron chi connectivity index (χ2n) is 7.04. The molecule has 1 amide bonds. The maximum atomic E-state index is 14.7. The third-order valence-corrected chi connectivity index (χ3v) is 5.36. The molecule has 2 aromatic heterocycles. The van der Waals surface area contributed by atoms with Gasteiger partial charge in [-0.25, -0.2) is 4.98 Å². The number of piperidine rings is 1. The van der Waals surface area contributed by atoms with Crippen molar-refractivity contribution >= 4 is 11.6 Å². The lowest BCUT2D eigenvalue weighted by Crippen LogP contribution is -2.45. The van der Waals surface area contributed by atoms with E-state index in [1.165, 1.54) is 4.40 Å². The predicted molar refractivity (Wildman–Crippen MR) is 98.8 cm³/mol. The lowest BCUT2D eigenvalue weighted by atomic mass is 9.74. The smallest absolute Gasteiger partial charge is 0.277 e. The van der Waals surface area contributed by atoms with Crippen LogP contribution in [0.4, 0.5) is 4.39 Å². The fourth-order valence-corrected chi connectivity index (χ4v) is 3.72. The van der Waals surface area contributed by atoms with Crippen LogP contribution in [0, 0.1) is 24.2 Å². The first-order valence-electron chi connectivity index (χ1n) is 8.94. The van der Waals surface area contributed by atoms with E-state index in [0.29, 0.717) is 31.6 Å². The minimum Gasteiger partial charge on any atom is -0.337 e. The number of nitriles is 1. The molecular formula is C21H19FN4O. The minimum atomic E-state index is -0.640.